The van der Waals surface area contributed by atoms with E-state index in [0.29, 0.717) is 0 Å². The Morgan fingerprint density at radius 1 is 0.974 bits per heavy atom. The van der Waals surface area contributed by atoms with Gasteiger partial charge in [-0.2, -0.15) is 4.31 Å². The molecule has 3 aromatic carbocycles. The molecule has 0 bridgehead atoms. The standard InChI is InChI=1S/C25H25Cl2N3O7S2/c1-36-23-8-7-20(16-24(23)39(34,35)29-9-11-37-12-10-29)28-25(31)17-30(21-14-18(26)13-19(27)15-21)38(32,33)22-5-3-2-4-6-22/h2-8,13-16H,9-12,17H2,1H3,(H,28,31). The van der Waals surface area contributed by atoms with Crippen molar-refractivity contribution in [3.05, 3.63) is 76.8 Å². The summed E-state index contributed by atoms with van der Waals surface area (Å²) < 4.78 is 66.3. The molecule has 10 nitrogen and oxygen atoms in total. The first-order chi connectivity index (χ1) is 18.5. The van der Waals surface area contributed by atoms with Crippen LogP contribution in [0, 0.1) is 0 Å². The van der Waals surface area contributed by atoms with Gasteiger partial charge in [0.2, 0.25) is 15.9 Å². The van der Waals surface area contributed by atoms with Crippen LogP contribution in [0.15, 0.2) is 76.5 Å². The largest absolute Gasteiger partial charge is 0.495 e. The minimum absolute atomic E-state index is 0.0442. The smallest absolute Gasteiger partial charge is 0.264 e. The van der Waals surface area contributed by atoms with Crippen LogP contribution in [0.1, 0.15) is 0 Å². The summed E-state index contributed by atoms with van der Waals surface area (Å²) >= 11 is 12.2. The number of amides is 1. The second kappa shape index (κ2) is 12.1. The number of anilines is 2. The zero-order valence-electron chi connectivity index (χ0n) is 20.7. The molecule has 1 aliphatic heterocycles. The highest BCUT2D eigenvalue weighted by Gasteiger charge is 2.31. The molecular weight excluding hydrogens is 589 g/mol. The Bertz CT molecular complexity index is 1540. The number of ether oxygens (including phenoxy) is 2. The topological polar surface area (TPSA) is 122 Å². The lowest BCUT2D eigenvalue weighted by Crippen LogP contribution is -2.40. The molecule has 208 valence electrons. The summed E-state index contributed by atoms with van der Waals surface area (Å²) in [5.41, 5.74) is 0.214. The Kier molecular flexibility index (Phi) is 9.04. The summed E-state index contributed by atoms with van der Waals surface area (Å²) in [5, 5.41) is 2.95. The Morgan fingerprint density at radius 2 is 1.62 bits per heavy atom. The Hall–Kier alpha value is -2.87. The number of nitrogens with zero attached hydrogens (tertiary/aromatic N) is 2. The SMILES string of the molecule is COc1ccc(NC(=O)CN(c2cc(Cl)cc(Cl)c2)S(=O)(=O)c2ccccc2)cc1S(=O)(=O)N1CCOCC1. The predicted molar refractivity (Wildman–Crippen MR) is 149 cm³/mol. The maximum atomic E-state index is 13.5. The van der Waals surface area contributed by atoms with Crippen molar-refractivity contribution in [2.75, 3.05) is 49.6 Å². The third kappa shape index (κ3) is 6.65. The summed E-state index contributed by atoms with van der Waals surface area (Å²) in [5.74, 6) is -0.633. The number of hydrogen-bond acceptors (Lipinski definition) is 7. The molecule has 1 N–H and O–H groups in total. The summed E-state index contributed by atoms with van der Waals surface area (Å²) in [7, 11) is -6.83. The van der Waals surface area contributed by atoms with Gasteiger partial charge in [0, 0.05) is 28.8 Å². The fourth-order valence-electron chi connectivity index (χ4n) is 3.93. The van der Waals surface area contributed by atoms with E-state index >= 15 is 0 Å². The van der Waals surface area contributed by atoms with Crippen molar-refractivity contribution < 1.29 is 31.1 Å². The van der Waals surface area contributed by atoms with E-state index in [1.54, 1.807) is 18.2 Å². The molecule has 39 heavy (non-hydrogen) atoms. The van der Waals surface area contributed by atoms with Crippen LogP contribution in [0.3, 0.4) is 0 Å². The third-order valence-electron chi connectivity index (χ3n) is 5.79. The minimum Gasteiger partial charge on any atom is -0.495 e. The second-order valence-corrected chi connectivity index (χ2v) is 13.0. The number of halogens is 2. The van der Waals surface area contributed by atoms with E-state index in [4.69, 9.17) is 32.7 Å². The van der Waals surface area contributed by atoms with Gasteiger partial charge in [0.15, 0.2) is 0 Å². The number of sulfonamides is 2. The highest BCUT2D eigenvalue weighted by atomic mass is 35.5. The molecular formula is C25H25Cl2N3O7S2. The molecule has 0 radical (unpaired) electrons. The van der Waals surface area contributed by atoms with Crippen LogP contribution in [0.4, 0.5) is 11.4 Å². The van der Waals surface area contributed by atoms with Gasteiger partial charge >= 0.3 is 0 Å². The molecule has 1 fully saturated rings. The number of rotatable bonds is 9. The Balaban J connectivity index is 1.65. The van der Waals surface area contributed by atoms with E-state index < -0.39 is 32.5 Å². The first-order valence-electron chi connectivity index (χ1n) is 11.6. The van der Waals surface area contributed by atoms with E-state index in [1.807, 2.05) is 0 Å². The lowest BCUT2D eigenvalue weighted by Gasteiger charge is -2.27. The quantitative estimate of drug-likeness (QED) is 0.389. The normalized spacial score (nSPS) is 14.5. The highest BCUT2D eigenvalue weighted by molar-refractivity contribution is 7.92. The van der Waals surface area contributed by atoms with Crippen LogP contribution in [0.2, 0.25) is 10.0 Å². The number of morpholine rings is 1. The van der Waals surface area contributed by atoms with Crippen molar-refractivity contribution in [2.45, 2.75) is 9.79 Å². The number of carbonyl (C=O) groups is 1. The third-order valence-corrected chi connectivity index (χ3v) is 9.93. The minimum atomic E-state index is -4.21. The van der Waals surface area contributed by atoms with Crippen LogP contribution in [0.25, 0.3) is 0 Å². The van der Waals surface area contributed by atoms with Crippen molar-refractivity contribution in [1.82, 2.24) is 4.31 Å². The molecule has 4 rings (SSSR count). The number of hydrogen-bond donors (Lipinski definition) is 1. The van der Waals surface area contributed by atoms with E-state index in [2.05, 4.69) is 5.32 Å². The van der Waals surface area contributed by atoms with E-state index in [1.165, 1.54) is 59.9 Å². The number of nitrogens with one attached hydrogen (secondary N) is 1. The van der Waals surface area contributed by atoms with Gasteiger partial charge < -0.3 is 14.8 Å². The van der Waals surface area contributed by atoms with Gasteiger partial charge in [-0.3, -0.25) is 9.10 Å². The van der Waals surface area contributed by atoms with Crippen LogP contribution in [0.5, 0.6) is 5.75 Å². The average molecular weight is 615 g/mol. The summed E-state index contributed by atoms with van der Waals surface area (Å²) in [6.07, 6.45) is 0. The highest BCUT2D eigenvalue weighted by Crippen LogP contribution is 2.32. The van der Waals surface area contributed by atoms with Crippen molar-refractivity contribution in [3.63, 3.8) is 0 Å². The maximum absolute atomic E-state index is 13.5. The molecule has 0 spiro atoms. The van der Waals surface area contributed by atoms with Gasteiger partial charge in [0.05, 0.1) is 30.9 Å². The molecule has 0 aliphatic carbocycles. The van der Waals surface area contributed by atoms with Crippen molar-refractivity contribution in [3.8, 4) is 5.75 Å². The average Bonchev–Trinajstić information content (AvgIpc) is 2.92. The zero-order valence-corrected chi connectivity index (χ0v) is 23.9. The van der Waals surface area contributed by atoms with Crippen molar-refractivity contribution in [1.29, 1.82) is 0 Å². The van der Waals surface area contributed by atoms with Crippen LogP contribution < -0.4 is 14.4 Å². The van der Waals surface area contributed by atoms with Crippen LogP contribution in [-0.4, -0.2) is 67.0 Å². The lowest BCUT2D eigenvalue weighted by molar-refractivity contribution is -0.114. The fourth-order valence-corrected chi connectivity index (χ4v) is 7.46. The van der Waals surface area contributed by atoms with E-state index in [-0.39, 0.29) is 63.3 Å². The number of carbonyl (C=O) groups excluding carboxylic acids is 1. The lowest BCUT2D eigenvalue weighted by atomic mass is 10.3. The molecule has 1 heterocycles. The van der Waals surface area contributed by atoms with Crippen molar-refractivity contribution in [2.24, 2.45) is 0 Å². The van der Waals surface area contributed by atoms with Gasteiger partial charge in [-0.15, -0.1) is 0 Å². The molecule has 0 atom stereocenters. The predicted octanol–water partition coefficient (Wildman–Crippen LogP) is 3.86. The summed E-state index contributed by atoms with van der Waals surface area (Å²) in [4.78, 5) is 13.0. The molecule has 14 heteroatoms. The summed E-state index contributed by atoms with van der Waals surface area (Å²) in [6, 6.07) is 15.9. The van der Waals surface area contributed by atoms with Crippen LogP contribution in [-0.2, 0) is 29.6 Å². The zero-order chi connectivity index (χ0) is 28.2. The first kappa shape index (κ1) is 29.1. The molecule has 3 aromatic rings. The molecule has 1 aliphatic rings. The second-order valence-electron chi connectivity index (χ2n) is 8.38. The monoisotopic (exact) mass is 613 g/mol. The molecule has 0 aromatic heterocycles. The van der Waals surface area contributed by atoms with Crippen molar-refractivity contribution >= 4 is 60.5 Å². The number of benzene rings is 3. The first-order valence-corrected chi connectivity index (χ1v) is 15.3. The fraction of sp³-hybridized carbons (Fsp3) is 0.240. The Morgan fingerprint density at radius 3 is 2.23 bits per heavy atom. The van der Waals surface area contributed by atoms with Gasteiger partial charge in [0.1, 0.15) is 17.2 Å². The molecule has 0 saturated carbocycles. The molecule has 0 unspecified atom stereocenters. The van der Waals surface area contributed by atoms with E-state index in [9.17, 15) is 21.6 Å². The van der Waals surface area contributed by atoms with Gasteiger partial charge in [-0.05, 0) is 48.5 Å². The van der Waals surface area contributed by atoms with Gasteiger partial charge in [0.25, 0.3) is 10.0 Å². The van der Waals surface area contributed by atoms with E-state index in [0.717, 1.165) is 4.31 Å². The maximum Gasteiger partial charge on any atom is 0.264 e. The molecule has 1 saturated heterocycles. The van der Waals surface area contributed by atoms with Gasteiger partial charge in [-0.1, -0.05) is 41.4 Å². The summed E-state index contributed by atoms with van der Waals surface area (Å²) in [6.45, 7) is 0.229. The van der Waals surface area contributed by atoms with Gasteiger partial charge in [-0.25, -0.2) is 16.8 Å². The van der Waals surface area contributed by atoms with Crippen LogP contribution >= 0.6 is 23.2 Å². The Labute approximate surface area is 237 Å². The number of methoxy groups -OCH3 is 1. The molecule has 1 amide bonds.